The van der Waals surface area contributed by atoms with Gasteiger partial charge in [-0.05, 0) is 103 Å². The molecule has 1 aliphatic carbocycles. The lowest BCUT2D eigenvalue weighted by Crippen LogP contribution is -2.51. The van der Waals surface area contributed by atoms with Crippen LogP contribution in [0.4, 0.5) is 5.69 Å². The van der Waals surface area contributed by atoms with E-state index in [0.29, 0.717) is 23.2 Å². The first-order valence-corrected chi connectivity index (χ1v) is 22.4. The minimum absolute atomic E-state index is 0.0681. The number of amides is 1. The Bertz CT molecular complexity index is 2470. The fraction of sp³-hybridized carbons (Fsp3) is 0.362. The largest absolute Gasteiger partial charge is 0.506 e. The van der Waals surface area contributed by atoms with E-state index in [1.165, 1.54) is 62.6 Å². The Morgan fingerprint density at radius 2 is 1.70 bits per heavy atom. The van der Waals surface area contributed by atoms with Crippen LogP contribution in [0.3, 0.4) is 0 Å². The van der Waals surface area contributed by atoms with Crippen molar-refractivity contribution in [2.45, 2.75) is 86.9 Å². The fourth-order valence-electron chi connectivity index (χ4n) is 8.62. The van der Waals surface area contributed by atoms with E-state index in [2.05, 4.69) is 32.3 Å². The molecule has 5 N–H and O–H groups in total. The highest BCUT2D eigenvalue weighted by atomic mass is 32.2. The number of carbonyl (C=O) groups excluding carboxylic acids is 1. The monoisotopic (exact) mass is 833 g/mol. The van der Waals surface area contributed by atoms with Gasteiger partial charge in [-0.3, -0.25) is 19.4 Å². The van der Waals surface area contributed by atoms with E-state index >= 15 is 0 Å². The number of piperazine rings is 1. The van der Waals surface area contributed by atoms with E-state index in [9.17, 15) is 28.2 Å². The van der Waals surface area contributed by atoms with Crippen molar-refractivity contribution in [3.63, 3.8) is 0 Å². The van der Waals surface area contributed by atoms with Crippen molar-refractivity contribution in [1.29, 1.82) is 0 Å². The molecule has 1 aliphatic heterocycles. The third-order valence-electron chi connectivity index (χ3n) is 11.9. The smallest absolute Gasteiger partial charge is 0.251 e. The lowest BCUT2D eigenvalue weighted by atomic mass is 9.93. The number of phenols is 1. The summed E-state index contributed by atoms with van der Waals surface area (Å²) in [6, 6.07) is 26.0. The molecule has 2 heterocycles. The first kappa shape index (κ1) is 42.8. The molecule has 12 nitrogen and oxygen atoms in total. The molecule has 5 aromatic rings. The number of sulfone groups is 1. The standard InChI is InChI=1S/C47H55N5O7S/c1-3-42(52-25-23-51(24-26-52)36-8-5-4-6-9-36)33-13-16-38(17-14-33)60(57,58)39-11-7-10-37(29-39)59-27-22-46(56)49-35-15-12-34(32(2)28-35)30-48-31-44(54)40-18-20-43(53)47-41(40)19-21-45(55)50-47/h7,10-22,27-29,36,42,44,48,53-54H,3-6,8-9,23-26,30-31H2,1-2H3,(H,49,56)(H,50,55)/t42-,44-/m0/s1. The van der Waals surface area contributed by atoms with E-state index in [4.69, 9.17) is 4.74 Å². The summed E-state index contributed by atoms with van der Waals surface area (Å²) in [6.45, 7) is 9.00. The molecule has 0 radical (unpaired) electrons. The number of pyridine rings is 1. The minimum Gasteiger partial charge on any atom is -0.506 e. The van der Waals surface area contributed by atoms with Gasteiger partial charge in [-0.2, -0.15) is 0 Å². The third-order valence-corrected chi connectivity index (χ3v) is 13.7. The molecule has 2 atom stereocenters. The summed E-state index contributed by atoms with van der Waals surface area (Å²) in [5.41, 5.74) is 4.10. The number of hydrogen-bond acceptors (Lipinski definition) is 10. The predicted molar refractivity (Wildman–Crippen MR) is 234 cm³/mol. The first-order chi connectivity index (χ1) is 29.0. The summed E-state index contributed by atoms with van der Waals surface area (Å²) in [6.07, 6.45) is 9.20. The van der Waals surface area contributed by atoms with Gasteiger partial charge in [0, 0.05) is 74.6 Å². The second kappa shape index (κ2) is 19.4. The molecule has 1 saturated carbocycles. The van der Waals surface area contributed by atoms with Gasteiger partial charge in [0.2, 0.25) is 15.4 Å². The van der Waals surface area contributed by atoms with Gasteiger partial charge in [-0.1, -0.05) is 56.5 Å². The van der Waals surface area contributed by atoms with Crippen LogP contribution in [0.1, 0.15) is 79.8 Å². The molecular weight excluding hydrogens is 779 g/mol. The van der Waals surface area contributed by atoms with E-state index in [1.54, 1.807) is 48.5 Å². The highest BCUT2D eigenvalue weighted by molar-refractivity contribution is 7.91. The number of rotatable bonds is 15. The van der Waals surface area contributed by atoms with E-state index in [1.807, 2.05) is 31.2 Å². The number of carbonyl (C=O) groups is 1. The zero-order chi connectivity index (χ0) is 42.2. The van der Waals surface area contributed by atoms with Crippen LogP contribution in [0.25, 0.3) is 10.9 Å². The number of nitrogens with zero attached hydrogens (tertiary/aromatic N) is 2. The molecule has 0 bridgehead atoms. The number of anilines is 1. The summed E-state index contributed by atoms with van der Waals surface area (Å²) in [7, 11) is -3.82. The number of aromatic hydroxyl groups is 1. The first-order valence-electron chi connectivity index (χ1n) is 20.9. The molecule has 4 aromatic carbocycles. The number of aromatic amines is 1. The molecular formula is C47H55N5O7S. The SMILES string of the molecule is CC[C@@H](c1ccc(S(=O)(=O)c2cccc(OC=CC(=O)Nc3ccc(CNC[C@H](O)c4ccc(O)c5[nH]c(=O)ccc45)c(C)c3)c2)cc1)N1CCN(C2CCCCC2)CC1. The van der Waals surface area contributed by atoms with E-state index < -0.39 is 21.8 Å². The maximum Gasteiger partial charge on any atom is 0.251 e. The highest BCUT2D eigenvalue weighted by Crippen LogP contribution is 2.32. The van der Waals surface area contributed by atoms with Crippen molar-refractivity contribution >= 4 is 32.3 Å². The van der Waals surface area contributed by atoms with Crippen LogP contribution in [0.2, 0.25) is 0 Å². The van der Waals surface area contributed by atoms with Crippen LogP contribution in [-0.2, 0) is 21.2 Å². The van der Waals surface area contributed by atoms with Gasteiger partial charge in [0.05, 0.1) is 27.7 Å². The van der Waals surface area contributed by atoms with Crippen LogP contribution in [0.5, 0.6) is 11.5 Å². The molecule has 1 aromatic heterocycles. The number of aromatic nitrogens is 1. The normalized spacial score (nSPS) is 16.9. The van der Waals surface area contributed by atoms with Gasteiger partial charge in [0.1, 0.15) is 11.5 Å². The molecule has 316 valence electrons. The summed E-state index contributed by atoms with van der Waals surface area (Å²) < 4.78 is 33.0. The number of benzene rings is 4. The summed E-state index contributed by atoms with van der Waals surface area (Å²) in [5, 5.41) is 27.6. The van der Waals surface area contributed by atoms with Crippen LogP contribution in [0, 0.1) is 6.92 Å². The van der Waals surface area contributed by atoms with Crippen molar-refractivity contribution in [3.05, 3.63) is 136 Å². The number of nitrogens with one attached hydrogen (secondary N) is 3. The Morgan fingerprint density at radius 3 is 2.43 bits per heavy atom. The average Bonchev–Trinajstić information content (AvgIpc) is 3.26. The Balaban J connectivity index is 0.891. The van der Waals surface area contributed by atoms with Crippen molar-refractivity contribution in [2.75, 3.05) is 38.0 Å². The molecule has 0 unspecified atom stereocenters. The molecule has 60 heavy (non-hydrogen) atoms. The fourth-order valence-corrected chi connectivity index (χ4v) is 9.91. The number of aryl methyl sites for hydroxylation is 1. The van der Waals surface area contributed by atoms with Crippen molar-refractivity contribution < 1.29 is 28.2 Å². The van der Waals surface area contributed by atoms with Gasteiger partial charge in [0.15, 0.2) is 0 Å². The summed E-state index contributed by atoms with van der Waals surface area (Å²) in [5.74, 6) is -0.214. The van der Waals surface area contributed by atoms with Crippen LogP contribution < -0.4 is 20.9 Å². The van der Waals surface area contributed by atoms with E-state index in [-0.39, 0.29) is 45.0 Å². The molecule has 7 rings (SSSR count). The van der Waals surface area contributed by atoms with Crippen molar-refractivity contribution in [2.24, 2.45) is 0 Å². The number of hydrogen-bond donors (Lipinski definition) is 5. The Labute approximate surface area is 351 Å². The Hall–Kier alpha value is -5.31. The summed E-state index contributed by atoms with van der Waals surface area (Å²) >= 11 is 0. The van der Waals surface area contributed by atoms with Crippen LogP contribution in [-0.4, -0.2) is 78.1 Å². The summed E-state index contributed by atoms with van der Waals surface area (Å²) in [4.78, 5) is 32.6. The van der Waals surface area contributed by atoms with Gasteiger partial charge >= 0.3 is 0 Å². The van der Waals surface area contributed by atoms with Crippen LogP contribution in [0.15, 0.2) is 118 Å². The lowest BCUT2D eigenvalue weighted by Gasteiger charge is -2.43. The molecule has 1 saturated heterocycles. The predicted octanol–water partition coefficient (Wildman–Crippen LogP) is 7.13. The number of aliphatic hydroxyl groups is 1. The average molecular weight is 834 g/mol. The molecule has 2 aliphatic rings. The number of phenolic OH excluding ortho intramolecular Hbond substituents is 1. The zero-order valence-corrected chi connectivity index (χ0v) is 35.1. The molecule has 13 heteroatoms. The Kier molecular flexibility index (Phi) is 13.8. The zero-order valence-electron chi connectivity index (χ0n) is 34.3. The van der Waals surface area contributed by atoms with Gasteiger partial charge in [0.25, 0.3) is 5.91 Å². The third kappa shape index (κ3) is 10.2. The lowest BCUT2D eigenvalue weighted by molar-refractivity contribution is -0.112. The number of fused-ring (bicyclic) bond motifs is 1. The van der Waals surface area contributed by atoms with Crippen molar-refractivity contribution in [3.8, 4) is 11.5 Å². The second-order valence-corrected chi connectivity index (χ2v) is 17.8. The Morgan fingerprint density at radius 1 is 0.933 bits per heavy atom. The molecule has 1 amide bonds. The number of aliphatic hydroxyl groups excluding tert-OH is 1. The van der Waals surface area contributed by atoms with Crippen molar-refractivity contribution in [1.82, 2.24) is 20.1 Å². The van der Waals surface area contributed by atoms with E-state index in [0.717, 1.165) is 55.3 Å². The number of H-pyrrole nitrogens is 1. The maximum absolute atomic E-state index is 13.7. The molecule has 0 spiro atoms. The second-order valence-electron chi connectivity index (χ2n) is 15.8. The quantitative estimate of drug-likeness (QED) is 0.0542. The topological polar surface area (TPSA) is 164 Å². The number of ether oxygens (including phenoxy) is 1. The van der Waals surface area contributed by atoms with Crippen LogP contribution >= 0.6 is 0 Å². The maximum atomic E-state index is 13.7. The van der Waals surface area contributed by atoms with Gasteiger partial charge in [-0.15, -0.1) is 0 Å². The van der Waals surface area contributed by atoms with Gasteiger partial charge < -0.3 is 30.6 Å². The van der Waals surface area contributed by atoms with Gasteiger partial charge in [-0.25, -0.2) is 8.42 Å². The minimum atomic E-state index is -3.82. The molecule has 2 fully saturated rings. The highest BCUT2D eigenvalue weighted by Gasteiger charge is 2.29.